The molecule has 2 heterocycles. The van der Waals surface area contributed by atoms with Crippen LogP contribution in [0.1, 0.15) is 28.8 Å². The van der Waals surface area contributed by atoms with Gasteiger partial charge in [-0.2, -0.15) is 0 Å². The summed E-state index contributed by atoms with van der Waals surface area (Å²) >= 11 is 1.47. The van der Waals surface area contributed by atoms with Gasteiger partial charge in [0.2, 0.25) is 0 Å². The number of benzene rings is 1. The van der Waals surface area contributed by atoms with E-state index in [9.17, 15) is 14.4 Å². The molecule has 0 saturated carbocycles. The predicted octanol–water partition coefficient (Wildman–Crippen LogP) is -1.29. The second-order valence-electron chi connectivity index (χ2n) is 4.77. The van der Waals surface area contributed by atoms with Crippen molar-refractivity contribution in [3.63, 3.8) is 0 Å². The van der Waals surface area contributed by atoms with E-state index in [1.807, 2.05) is 12.1 Å². The molecule has 2 unspecified atom stereocenters. The van der Waals surface area contributed by atoms with Crippen molar-refractivity contribution in [2.24, 2.45) is 0 Å². The molecule has 3 amide bonds. The normalized spacial score (nSPS) is 22.5. The van der Waals surface area contributed by atoms with Gasteiger partial charge in [-0.3, -0.25) is 0 Å². The summed E-state index contributed by atoms with van der Waals surface area (Å²) in [5, 5.41) is 2.30. The molecular weight excluding hydrogens is 307 g/mol. The fraction of sp³-hybridized carbons (Fsp3) is 0.308. The molecule has 2 aliphatic heterocycles. The summed E-state index contributed by atoms with van der Waals surface area (Å²) in [6, 6.07) is 5.12. The molecule has 3 rings (SSSR count). The molecule has 1 saturated heterocycles. The number of hydrogen-bond acceptors (Lipinski definition) is 3. The van der Waals surface area contributed by atoms with Crippen LogP contribution in [0.15, 0.2) is 18.2 Å². The maximum absolute atomic E-state index is 12.3. The Morgan fingerprint density at radius 2 is 2.05 bits per heavy atom. The zero-order valence-electron chi connectivity index (χ0n) is 10.2. The van der Waals surface area contributed by atoms with E-state index in [1.54, 1.807) is 11.0 Å². The SMILES string of the molecule is O=C1CCC(N2Cc3c([AsH2])cccc3C2=O)C(=O)N1. The zero-order valence-corrected chi connectivity index (χ0v) is 12.6. The van der Waals surface area contributed by atoms with Gasteiger partial charge in [-0.25, -0.2) is 0 Å². The van der Waals surface area contributed by atoms with Crippen molar-refractivity contribution >= 4 is 38.9 Å². The molecule has 1 fully saturated rings. The second kappa shape index (κ2) is 4.49. The summed E-state index contributed by atoms with van der Waals surface area (Å²) in [6.07, 6.45) is 0.702. The molecule has 0 bridgehead atoms. The van der Waals surface area contributed by atoms with Gasteiger partial charge in [0.1, 0.15) is 0 Å². The van der Waals surface area contributed by atoms with Gasteiger partial charge in [-0.15, -0.1) is 0 Å². The Kier molecular flexibility index (Phi) is 2.94. The Hall–Kier alpha value is -1.61. The molecule has 0 aliphatic carbocycles. The predicted molar refractivity (Wildman–Crippen MR) is 70.7 cm³/mol. The fourth-order valence-corrected chi connectivity index (χ4v) is 3.36. The van der Waals surface area contributed by atoms with Gasteiger partial charge in [-0.05, 0) is 0 Å². The average molecular weight is 320 g/mol. The molecule has 1 N–H and O–H groups in total. The Morgan fingerprint density at radius 3 is 2.74 bits per heavy atom. The van der Waals surface area contributed by atoms with Crippen molar-refractivity contribution < 1.29 is 14.4 Å². The van der Waals surface area contributed by atoms with Crippen LogP contribution in [0.25, 0.3) is 0 Å². The molecule has 19 heavy (non-hydrogen) atoms. The molecule has 0 radical (unpaired) electrons. The molecule has 5 nitrogen and oxygen atoms in total. The molecule has 2 aliphatic rings. The standard InChI is InChI=1S/C13H13AsN2O3/c14-9-3-1-2-7-8(9)6-16(13(7)19)10-4-5-11(17)15-12(10)18/h1-3,10H,4-6,14H2,(H,15,17,18). The maximum atomic E-state index is 12.3. The van der Waals surface area contributed by atoms with Crippen LogP contribution in [-0.2, 0) is 16.1 Å². The molecule has 1 aromatic carbocycles. The fourth-order valence-electron chi connectivity index (χ4n) is 2.61. The van der Waals surface area contributed by atoms with Crippen molar-refractivity contribution in [3.05, 3.63) is 29.3 Å². The van der Waals surface area contributed by atoms with Gasteiger partial charge < -0.3 is 0 Å². The first kappa shape index (κ1) is 12.4. The van der Waals surface area contributed by atoms with E-state index in [-0.39, 0.29) is 17.7 Å². The second-order valence-corrected chi connectivity index (χ2v) is 6.08. The average Bonchev–Trinajstić information content (AvgIpc) is 2.69. The first-order valence-electron chi connectivity index (χ1n) is 6.10. The monoisotopic (exact) mass is 320 g/mol. The third-order valence-electron chi connectivity index (χ3n) is 3.62. The van der Waals surface area contributed by atoms with Crippen molar-refractivity contribution in [2.45, 2.75) is 25.4 Å². The van der Waals surface area contributed by atoms with Crippen LogP contribution in [-0.4, -0.2) is 45.5 Å². The van der Waals surface area contributed by atoms with Crippen LogP contribution < -0.4 is 9.67 Å². The van der Waals surface area contributed by atoms with Crippen LogP contribution in [0.4, 0.5) is 0 Å². The van der Waals surface area contributed by atoms with Crippen LogP contribution in [0, 0.1) is 0 Å². The number of hydrogen-bond donors (Lipinski definition) is 1. The van der Waals surface area contributed by atoms with E-state index >= 15 is 0 Å². The van der Waals surface area contributed by atoms with Crippen molar-refractivity contribution in [1.29, 1.82) is 0 Å². The number of rotatable bonds is 1. The van der Waals surface area contributed by atoms with Crippen molar-refractivity contribution in [2.75, 3.05) is 0 Å². The van der Waals surface area contributed by atoms with E-state index < -0.39 is 6.04 Å². The van der Waals surface area contributed by atoms with E-state index in [0.29, 0.717) is 24.9 Å². The van der Waals surface area contributed by atoms with Crippen LogP contribution in [0.2, 0.25) is 0 Å². The summed E-state index contributed by atoms with van der Waals surface area (Å²) in [4.78, 5) is 36.9. The third kappa shape index (κ3) is 1.98. The van der Waals surface area contributed by atoms with Gasteiger partial charge in [0.25, 0.3) is 0 Å². The van der Waals surface area contributed by atoms with E-state index in [4.69, 9.17) is 0 Å². The number of imide groups is 1. The molecule has 1 aromatic rings. The summed E-state index contributed by atoms with van der Waals surface area (Å²) in [5.74, 6) is -0.727. The summed E-state index contributed by atoms with van der Waals surface area (Å²) < 4.78 is 1.12. The van der Waals surface area contributed by atoms with Crippen LogP contribution in [0.5, 0.6) is 0 Å². The van der Waals surface area contributed by atoms with Gasteiger partial charge in [0, 0.05) is 0 Å². The Labute approximate surface area is 118 Å². The van der Waals surface area contributed by atoms with E-state index in [2.05, 4.69) is 5.32 Å². The van der Waals surface area contributed by atoms with Gasteiger partial charge in [0.15, 0.2) is 0 Å². The van der Waals surface area contributed by atoms with Crippen LogP contribution >= 0.6 is 0 Å². The van der Waals surface area contributed by atoms with E-state index in [0.717, 1.165) is 9.91 Å². The van der Waals surface area contributed by atoms with Gasteiger partial charge in [-0.1, -0.05) is 0 Å². The quantitative estimate of drug-likeness (QED) is 0.517. The number of amides is 3. The number of piperidine rings is 1. The number of fused-ring (bicyclic) bond motifs is 1. The first-order valence-corrected chi connectivity index (χ1v) is 7.31. The summed E-state index contributed by atoms with van der Waals surface area (Å²) in [6.45, 7) is 0.467. The Balaban J connectivity index is 1.90. The number of carbonyl (C=O) groups excluding carboxylic acids is 3. The minimum atomic E-state index is -0.524. The van der Waals surface area contributed by atoms with Crippen molar-refractivity contribution in [1.82, 2.24) is 10.2 Å². The zero-order chi connectivity index (χ0) is 13.6. The molecule has 0 spiro atoms. The Bertz CT molecular complexity index is 600. The topological polar surface area (TPSA) is 66.5 Å². The third-order valence-corrected chi connectivity index (χ3v) is 4.75. The van der Waals surface area contributed by atoms with Gasteiger partial charge >= 0.3 is 118 Å². The van der Waals surface area contributed by atoms with Gasteiger partial charge in [0.05, 0.1) is 0 Å². The first-order chi connectivity index (χ1) is 9.08. The Morgan fingerprint density at radius 1 is 1.26 bits per heavy atom. The molecule has 98 valence electrons. The van der Waals surface area contributed by atoms with E-state index in [1.165, 1.54) is 16.9 Å². The number of carbonyl (C=O) groups is 3. The number of nitrogens with one attached hydrogen (secondary N) is 1. The molecule has 0 aromatic heterocycles. The summed E-state index contributed by atoms with van der Waals surface area (Å²) in [5.41, 5.74) is 1.70. The van der Waals surface area contributed by atoms with Crippen molar-refractivity contribution in [3.8, 4) is 0 Å². The number of nitrogens with zero attached hydrogens (tertiary/aromatic N) is 1. The molecule has 6 heteroatoms. The minimum absolute atomic E-state index is 0.107. The van der Waals surface area contributed by atoms with Crippen LogP contribution in [0.3, 0.4) is 0 Å². The molecule has 2 atom stereocenters. The summed E-state index contributed by atoms with van der Waals surface area (Å²) in [7, 11) is 0. The molecular formula is C13H13AsN2O3.